The van der Waals surface area contributed by atoms with Gasteiger partial charge in [0.2, 0.25) is 5.43 Å². The van der Waals surface area contributed by atoms with Crippen LogP contribution < -0.4 is 21.8 Å². The molecular formula is C18H18CeClN4O-. The average molecular weight is 482 g/mol. The van der Waals surface area contributed by atoms with Crippen molar-refractivity contribution in [3.8, 4) is 0 Å². The molecular weight excluding hydrogens is 464 g/mol. The molecule has 0 saturated carbocycles. The van der Waals surface area contributed by atoms with Gasteiger partial charge in [-0.15, -0.1) is 5.69 Å². The largest absolute Gasteiger partial charge is 0.698 e. The van der Waals surface area contributed by atoms with Crippen molar-refractivity contribution < 1.29 is 41.7 Å². The fraction of sp³-hybridized carbons (Fsp3) is 0.111. The van der Waals surface area contributed by atoms with Gasteiger partial charge < -0.3 is 16.8 Å². The van der Waals surface area contributed by atoms with Crippen molar-refractivity contribution in [2.75, 3.05) is 18.1 Å². The molecule has 3 rings (SSSR count). The molecule has 0 spiro atoms. The van der Waals surface area contributed by atoms with Gasteiger partial charge in [0.1, 0.15) is 11.0 Å². The van der Waals surface area contributed by atoms with Gasteiger partial charge in [0.25, 0.3) is 0 Å². The predicted octanol–water partition coefficient (Wildman–Crippen LogP) is 4.11. The van der Waals surface area contributed by atoms with Gasteiger partial charge in [-0.05, 0) is 25.1 Å². The summed E-state index contributed by atoms with van der Waals surface area (Å²) in [7, 11) is 1.58. The number of nitrogens with zero attached hydrogens (tertiary/aromatic N) is 1. The van der Waals surface area contributed by atoms with E-state index in [9.17, 15) is 4.79 Å². The van der Waals surface area contributed by atoms with Crippen LogP contribution in [0.3, 0.4) is 0 Å². The number of anilines is 3. The van der Waals surface area contributed by atoms with E-state index in [0.717, 1.165) is 5.69 Å². The van der Waals surface area contributed by atoms with Crippen molar-refractivity contribution in [2.45, 2.75) is 6.92 Å². The van der Waals surface area contributed by atoms with Crippen molar-refractivity contribution in [3.05, 3.63) is 80.4 Å². The van der Waals surface area contributed by atoms with Crippen LogP contribution in [0, 0.1) is 48.7 Å². The molecule has 5 nitrogen and oxygen atoms in total. The van der Waals surface area contributed by atoms with Gasteiger partial charge in [-0.1, -0.05) is 47.5 Å². The van der Waals surface area contributed by atoms with Gasteiger partial charge in [0.15, 0.2) is 0 Å². The molecule has 3 aromatic rings. The van der Waals surface area contributed by atoms with Gasteiger partial charge in [0.05, 0.1) is 5.69 Å². The Kier molecular flexibility index (Phi) is 8.58. The Morgan fingerprint density at radius 3 is 2.20 bits per heavy atom. The maximum absolute atomic E-state index is 11.3. The number of aryl methyl sites for hydroxylation is 1. The van der Waals surface area contributed by atoms with Crippen LogP contribution in [0.2, 0.25) is 5.02 Å². The van der Waals surface area contributed by atoms with E-state index in [0.29, 0.717) is 21.8 Å². The molecule has 0 bridgehead atoms. The van der Waals surface area contributed by atoms with Gasteiger partial charge in [-0.2, -0.15) is 0 Å². The van der Waals surface area contributed by atoms with E-state index in [1.165, 1.54) is 5.56 Å². The average Bonchev–Trinajstić information content (AvgIpc) is 2.59. The van der Waals surface area contributed by atoms with Crippen LogP contribution >= 0.6 is 11.6 Å². The van der Waals surface area contributed by atoms with Crippen LogP contribution in [0.4, 0.5) is 22.7 Å². The van der Waals surface area contributed by atoms with E-state index in [-0.39, 0.29) is 52.9 Å². The minimum absolute atomic E-state index is 0. The molecule has 0 aliphatic rings. The number of nitrogen functional groups attached to an aromatic ring is 1. The van der Waals surface area contributed by atoms with Crippen molar-refractivity contribution in [1.82, 2.24) is 0 Å². The zero-order valence-corrected chi connectivity index (χ0v) is 17.8. The van der Waals surface area contributed by atoms with Gasteiger partial charge in [0, 0.05) is 59.5 Å². The third-order valence-corrected chi connectivity index (χ3v) is 3.71. The molecule has 0 atom stereocenters. The van der Waals surface area contributed by atoms with Crippen LogP contribution in [-0.4, -0.2) is 7.05 Å². The normalized spacial score (nSPS) is 10.6. The number of rotatable bonds is 2. The van der Waals surface area contributed by atoms with Gasteiger partial charge in [-0.3, -0.25) is 9.79 Å². The van der Waals surface area contributed by atoms with Crippen molar-refractivity contribution in [1.29, 1.82) is 0 Å². The first-order valence-corrected chi connectivity index (χ1v) is 7.63. The summed E-state index contributed by atoms with van der Waals surface area (Å²) in [5, 5.41) is 4.01. The van der Waals surface area contributed by atoms with Gasteiger partial charge in [-0.25, -0.2) is 0 Å². The quantitative estimate of drug-likeness (QED) is 0.577. The van der Waals surface area contributed by atoms with E-state index in [4.69, 9.17) is 23.1 Å². The second kappa shape index (κ2) is 9.91. The van der Waals surface area contributed by atoms with Crippen LogP contribution in [0.15, 0.2) is 58.3 Å². The smallest absolute Gasteiger partial charge is 0.230 e. The van der Waals surface area contributed by atoms with Crippen LogP contribution in [0.1, 0.15) is 5.56 Å². The molecule has 128 valence electrons. The topological polar surface area (TPSA) is 91.3 Å². The molecule has 25 heavy (non-hydrogen) atoms. The van der Waals surface area contributed by atoms with E-state index in [1.807, 2.05) is 31.2 Å². The first-order chi connectivity index (χ1) is 11.4. The van der Waals surface area contributed by atoms with Crippen molar-refractivity contribution in [2.24, 2.45) is 4.99 Å². The van der Waals surface area contributed by atoms with Crippen molar-refractivity contribution >= 4 is 34.4 Å². The molecule has 0 heterocycles. The maximum Gasteiger partial charge on any atom is 0.230 e. The molecule has 0 fully saturated rings. The van der Waals surface area contributed by atoms with Crippen molar-refractivity contribution in [3.63, 3.8) is 0 Å². The van der Waals surface area contributed by atoms with Crippen LogP contribution in [0.25, 0.3) is 5.73 Å². The number of nitrogens with two attached hydrogens (primary N) is 1. The third-order valence-electron chi connectivity index (χ3n) is 3.38. The molecule has 0 aliphatic heterocycles. The zero-order chi connectivity index (χ0) is 17.7. The number of nitrogens with one attached hydrogen (secondary N) is 2. The molecule has 0 amide bonds. The van der Waals surface area contributed by atoms with Crippen LogP contribution in [0.5, 0.6) is 0 Å². The van der Waals surface area contributed by atoms with E-state index in [2.05, 4.69) is 10.3 Å². The maximum atomic E-state index is 11.3. The summed E-state index contributed by atoms with van der Waals surface area (Å²) in [6.45, 7) is 2.02. The fourth-order valence-electron chi connectivity index (χ4n) is 2.00. The predicted molar refractivity (Wildman–Crippen MR) is 101 cm³/mol. The standard InChI is InChI=1S/C12H13N3O.C6H5ClN.Ce/c1-7-3-5-8(6-4-7)15-10-9(13)12(16)11(10)14-2;7-5-3-1-2-4-6(5)8;/h3-6,15H,13H2,1-2H3;1-4,8H;/q;-1;. The third kappa shape index (κ3) is 5.53. The second-order valence-electron chi connectivity index (χ2n) is 5.16. The van der Waals surface area contributed by atoms with E-state index >= 15 is 0 Å². The number of hydrogen-bond acceptors (Lipinski definition) is 4. The molecule has 0 radical (unpaired) electrons. The number of benzene rings is 2. The summed E-state index contributed by atoms with van der Waals surface area (Å²) in [5.74, 6) is 0. The first kappa shape index (κ1) is 21.6. The summed E-state index contributed by atoms with van der Waals surface area (Å²) in [6, 6.07) is 14.8. The summed E-state index contributed by atoms with van der Waals surface area (Å²) in [6.07, 6.45) is 0. The Hall–Kier alpha value is -1.41. The number of hydrogen-bond donors (Lipinski definition) is 2. The summed E-state index contributed by atoms with van der Waals surface area (Å²) < 4.78 is 0. The molecule has 0 aromatic heterocycles. The summed E-state index contributed by atoms with van der Waals surface area (Å²) in [4.78, 5) is 15.2. The Bertz CT molecular complexity index is 895. The van der Waals surface area contributed by atoms with E-state index in [1.54, 1.807) is 31.3 Å². The van der Waals surface area contributed by atoms with E-state index < -0.39 is 0 Å². The minimum atomic E-state index is -0.183. The molecule has 0 aliphatic carbocycles. The van der Waals surface area contributed by atoms with Gasteiger partial charge >= 0.3 is 0 Å². The zero-order valence-electron chi connectivity index (χ0n) is 13.9. The Morgan fingerprint density at radius 1 is 1.12 bits per heavy atom. The molecule has 7 heteroatoms. The Morgan fingerprint density at radius 2 is 1.72 bits per heavy atom. The van der Waals surface area contributed by atoms with Crippen LogP contribution in [-0.2, 0) is 0 Å². The SMILES string of the molecule is CN=c1c(Nc2ccc(C)cc2)c(N)c1=O.[Ce].[NH-]c1ccccc1Cl. The monoisotopic (exact) mass is 481 g/mol. The first-order valence-electron chi connectivity index (χ1n) is 7.25. The second-order valence-corrected chi connectivity index (χ2v) is 5.57. The fourth-order valence-corrected chi connectivity index (χ4v) is 2.14. The summed E-state index contributed by atoms with van der Waals surface area (Å²) in [5.41, 5.74) is 15.8. The number of halogens is 1. The molecule has 0 unspecified atom stereocenters. The molecule has 4 N–H and O–H groups in total. The Labute approximate surface area is 185 Å². The molecule has 0 saturated heterocycles. The summed E-state index contributed by atoms with van der Waals surface area (Å²) >= 11 is 5.52. The Balaban J connectivity index is 0.000000295. The molecule has 3 aromatic carbocycles. The minimum Gasteiger partial charge on any atom is -0.698 e.